The summed E-state index contributed by atoms with van der Waals surface area (Å²) in [6.45, 7) is 1.04. The van der Waals surface area contributed by atoms with Crippen LogP contribution in [-0.2, 0) is 9.47 Å². The van der Waals surface area contributed by atoms with E-state index in [9.17, 15) is 9.59 Å². The van der Waals surface area contributed by atoms with Crippen molar-refractivity contribution in [2.24, 2.45) is 0 Å². The molecule has 0 aromatic heterocycles. The standard InChI is InChI=1S/C14H17NO4/c1-18-14(17)15-9-5-8-12(10-15)19-13(16)11-6-3-2-4-7-11/h2-4,6-7,12H,5,8-10H2,1H3/t12-/m1/s1. The minimum absolute atomic E-state index is 0.263. The van der Waals surface area contributed by atoms with Crippen LogP contribution in [0.15, 0.2) is 30.3 Å². The molecule has 2 rings (SSSR count). The monoisotopic (exact) mass is 263 g/mol. The van der Waals surface area contributed by atoms with Gasteiger partial charge in [-0.3, -0.25) is 0 Å². The number of carbonyl (C=O) groups is 2. The highest BCUT2D eigenvalue weighted by atomic mass is 16.6. The van der Waals surface area contributed by atoms with Crippen LogP contribution in [-0.4, -0.2) is 43.3 Å². The molecule has 0 aliphatic carbocycles. The zero-order valence-electron chi connectivity index (χ0n) is 10.9. The second kappa shape index (κ2) is 6.22. The Labute approximate surface area is 112 Å². The molecule has 0 radical (unpaired) electrons. The van der Waals surface area contributed by atoms with Crippen LogP contribution >= 0.6 is 0 Å². The fraction of sp³-hybridized carbons (Fsp3) is 0.429. The predicted octanol–water partition coefficient (Wildman–Crippen LogP) is 2.07. The first kappa shape index (κ1) is 13.4. The second-order valence-corrected chi connectivity index (χ2v) is 4.45. The van der Waals surface area contributed by atoms with Crippen molar-refractivity contribution in [1.29, 1.82) is 0 Å². The van der Waals surface area contributed by atoms with Gasteiger partial charge in [0.15, 0.2) is 0 Å². The molecule has 1 heterocycles. The van der Waals surface area contributed by atoms with Crippen molar-refractivity contribution in [3.8, 4) is 0 Å². The summed E-state index contributed by atoms with van der Waals surface area (Å²) in [6, 6.07) is 8.85. The van der Waals surface area contributed by atoms with Crippen LogP contribution in [0.4, 0.5) is 4.79 Å². The molecule has 0 spiro atoms. The molecule has 1 aromatic rings. The number of piperidine rings is 1. The number of hydrogen-bond donors (Lipinski definition) is 0. The van der Waals surface area contributed by atoms with Gasteiger partial charge in [0.2, 0.25) is 0 Å². The summed E-state index contributed by atoms with van der Waals surface area (Å²) in [5.41, 5.74) is 0.526. The molecule has 1 saturated heterocycles. The Morgan fingerprint density at radius 3 is 2.68 bits per heavy atom. The van der Waals surface area contributed by atoms with E-state index in [1.54, 1.807) is 29.2 Å². The van der Waals surface area contributed by atoms with Crippen LogP contribution in [0.25, 0.3) is 0 Å². The normalized spacial score (nSPS) is 18.8. The van der Waals surface area contributed by atoms with Gasteiger partial charge in [0.1, 0.15) is 6.10 Å². The summed E-state index contributed by atoms with van der Waals surface area (Å²) in [6.07, 6.45) is 0.939. The van der Waals surface area contributed by atoms with Gasteiger partial charge in [-0.2, -0.15) is 0 Å². The zero-order chi connectivity index (χ0) is 13.7. The van der Waals surface area contributed by atoms with E-state index in [0.29, 0.717) is 18.7 Å². The summed E-state index contributed by atoms with van der Waals surface area (Å²) < 4.78 is 10.1. The van der Waals surface area contributed by atoms with Crippen molar-refractivity contribution in [1.82, 2.24) is 4.90 Å². The lowest BCUT2D eigenvalue weighted by atomic mass is 10.1. The Hall–Kier alpha value is -2.04. The molecule has 19 heavy (non-hydrogen) atoms. The van der Waals surface area contributed by atoms with Crippen LogP contribution in [0, 0.1) is 0 Å². The van der Waals surface area contributed by atoms with Gasteiger partial charge in [-0.1, -0.05) is 18.2 Å². The molecule has 1 amide bonds. The Morgan fingerprint density at radius 2 is 2.00 bits per heavy atom. The molecule has 1 aliphatic heterocycles. The molecular formula is C14H17NO4. The van der Waals surface area contributed by atoms with E-state index in [1.807, 2.05) is 6.07 Å². The van der Waals surface area contributed by atoms with E-state index in [4.69, 9.17) is 4.74 Å². The molecule has 102 valence electrons. The highest BCUT2D eigenvalue weighted by Crippen LogP contribution is 2.15. The van der Waals surface area contributed by atoms with Crippen molar-refractivity contribution in [2.75, 3.05) is 20.2 Å². The number of amides is 1. The number of carbonyl (C=O) groups excluding carboxylic acids is 2. The minimum Gasteiger partial charge on any atom is -0.457 e. The lowest BCUT2D eigenvalue weighted by molar-refractivity contribution is 0.00683. The smallest absolute Gasteiger partial charge is 0.409 e. The van der Waals surface area contributed by atoms with E-state index in [-0.39, 0.29) is 18.2 Å². The van der Waals surface area contributed by atoms with Crippen LogP contribution in [0.5, 0.6) is 0 Å². The Balaban J connectivity index is 1.92. The van der Waals surface area contributed by atoms with Gasteiger partial charge in [-0.25, -0.2) is 9.59 Å². The van der Waals surface area contributed by atoms with Crippen LogP contribution in [0.3, 0.4) is 0 Å². The predicted molar refractivity (Wildman–Crippen MR) is 68.9 cm³/mol. The number of hydrogen-bond acceptors (Lipinski definition) is 4. The maximum atomic E-state index is 11.9. The molecule has 5 heteroatoms. The summed E-state index contributed by atoms with van der Waals surface area (Å²) in [5.74, 6) is -0.350. The maximum absolute atomic E-state index is 11.9. The first-order chi connectivity index (χ1) is 9.20. The molecule has 1 aliphatic rings. The Bertz CT molecular complexity index is 446. The van der Waals surface area contributed by atoms with Gasteiger partial charge in [0, 0.05) is 6.54 Å². The van der Waals surface area contributed by atoms with Gasteiger partial charge in [-0.15, -0.1) is 0 Å². The number of esters is 1. The van der Waals surface area contributed by atoms with E-state index < -0.39 is 0 Å². The number of benzene rings is 1. The first-order valence-corrected chi connectivity index (χ1v) is 6.29. The maximum Gasteiger partial charge on any atom is 0.409 e. The SMILES string of the molecule is COC(=O)N1CCC[C@@H](OC(=O)c2ccccc2)C1. The van der Waals surface area contributed by atoms with Crippen LogP contribution < -0.4 is 0 Å². The van der Waals surface area contributed by atoms with Gasteiger partial charge >= 0.3 is 12.1 Å². The topological polar surface area (TPSA) is 55.8 Å². The van der Waals surface area contributed by atoms with Gasteiger partial charge in [0.05, 0.1) is 19.2 Å². The molecule has 0 bridgehead atoms. The third-order valence-corrected chi connectivity index (χ3v) is 3.09. The van der Waals surface area contributed by atoms with Crippen molar-refractivity contribution < 1.29 is 19.1 Å². The average molecular weight is 263 g/mol. The quantitative estimate of drug-likeness (QED) is 0.766. The van der Waals surface area contributed by atoms with Gasteiger partial charge in [0.25, 0.3) is 0 Å². The first-order valence-electron chi connectivity index (χ1n) is 6.29. The fourth-order valence-corrected chi connectivity index (χ4v) is 2.12. The van der Waals surface area contributed by atoms with E-state index in [0.717, 1.165) is 12.8 Å². The molecule has 1 fully saturated rings. The summed E-state index contributed by atoms with van der Waals surface area (Å²) >= 11 is 0. The van der Waals surface area contributed by atoms with Gasteiger partial charge in [-0.05, 0) is 25.0 Å². The molecule has 5 nitrogen and oxygen atoms in total. The molecule has 0 unspecified atom stereocenters. The number of methoxy groups -OCH3 is 1. The number of rotatable bonds is 2. The van der Waals surface area contributed by atoms with Crippen molar-refractivity contribution in [3.63, 3.8) is 0 Å². The number of ether oxygens (including phenoxy) is 2. The lowest BCUT2D eigenvalue weighted by Crippen LogP contribution is -2.43. The third-order valence-electron chi connectivity index (χ3n) is 3.09. The van der Waals surface area contributed by atoms with E-state index in [2.05, 4.69) is 4.74 Å². The van der Waals surface area contributed by atoms with Crippen molar-refractivity contribution >= 4 is 12.1 Å². The molecule has 1 atom stereocenters. The molecule has 1 aromatic carbocycles. The second-order valence-electron chi connectivity index (χ2n) is 4.45. The highest BCUT2D eigenvalue weighted by molar-refractivity contribution is 5.89. The Kier molecular flexibility index (Phi) is 4.39. The zero-order valence-corrected chi connectivity index (χ0v) is 10.9. The Morgan fingerprint density at radius 1 is 1.26 bits per heavy atom. The highest BCUT2D eigenvalue weighted by Gasteiger charge is 2.26. The third kappa shape index (κ3) is 3.47. The fourth-order valence-electron chi connectivity index (χ4n) is 2.12. The van der Waals surface area contributed by atoms with Crippen molar-refractivity contribution in [2.45, 2.75) is 18.9 Å². The summed E-state index contributed by atoms with van der Waals surface area (Å²) in [5, 5.41) is 0. The number of nitrogens with zero attached hydrogens (tertiary/aromatic N) is 1. The van der Waals surface area contributed by atoms with E-state index >= 15 is 0 Å². The molecular weight excluding hydrogens is 246 g/mol. The number of likely N-dealkylation sites (tertiary alicyclic amines) is 1. The van der Waals surface area contributed by atoms with Crippen molar-refractivity contribution in [3.05, 3.63) is 35.9 Å². The van der Waals surface area contributed by atoms with E-state index in [1.165, 1.54) is 7.11 Å². The molecule has 0 N–H and O–H groups in total. The largest absolute Gasteiger partial charge is 0.457 e. The van der Waals surface area contributed by atoms with Crippen LogP contribution in [0.2, 0.25) is 0 Å². The summed E-state index contributed by atoms with van der Waals surface area (Å²) in [4.78, 5) is 24.9. The lowest BCUT2D eigenvalue weighted by Gasteiger charge is -2.31. The van der Waals surface area contributed by atoms with Gasteiger partial charge < -0.3 is 14.4 Å². The minimum atomic E-state index is -0.375. The molecule has 0 saturated carbocycles. The summed E-state index contributed by atoms with van der Waals surface area (Å²) in [7, 11) is 1.35. The van der Waals surface area contributed by atoms with Crippen LogP contribution in [0.1, 0.15) is 23.2 Å². The average Bonchev–Trinajstić information content (AvgIpc) is 2.47.